The van der Waals surface area contributed by atoms with E-state index in [2.05, 4.69) is 4.90 Å². The molecule has 1 N–H and O–H groups in total. The van der Waals surface area contributed by atoms with Crippen LogP contribution in [0.1, 0.15) is 40.5 Å². The number of amides is 1. The van der Waals surface area contributed by atoms with Crippen LogP contribution in [0.4, 0.5) is 4.79 Å². The fraction of sp³-hybridized carbons (Fsp3) is 0.875. The predicted octanol–water partition coefficient (Wildman–Crippen LogP) is 1.56. The van der Waals surface area contributed by atoms with Crippen molar-refractivity contribution in [2.45, 2.75) is 57.8 Å². The van der Waals surface area contributed by atoms with Crippen molar-refractivity contribution in [2.24, 2.45) is 0 Å². The number of morpholine rings is 1. The zero-order valence-corrected chi connectivity index (χ0v) is 14.5. The molecule has 2 fully saturated rings. The van der Waals surface area contributed by atoms with Gasteiger partial charge < -0.3 is 19.5 Å². The molecule has 23 heavy (non-hydrogen) atoms. The van der Waals surface area contributed by atoms with Gasteiger partial charge in [0.05, 0.1) is 5.60 Å². The maximum atomic E-state index is 12.1. The fourth-order valence-electron chi connectivity index (χ4n) is 3.15. The van der Waals surface area contributed by atoms with E-state index in [4.69, 9.17) is 9.47 Å². The van der Waals surface area contributed by atoms with Crippen LogP contribution in [0.2, 0.25) is 0 Å². The molecule has 0 bridgehead atoms. The van der Waals surface area contributed by atoms with Gasteiger partial charge in [-0.05, 0) is 40.2 Å². The Hall–Kier alpha value is -1.34. The zero-order valence-electron chi connectivity index (χ0n) is 14.5. The summed E-state index contributed by atoms with van der Waals surface area (Å²) in [5.74, 6) is -0.919. The second-order valence-electron chi connectivity index (χ2n) is 7.42. The first-order chi connectivity index (χ1) is 10.6. The third kappa shape index (κ3) is 4.57. The number of hydrogen-bond acceptors (Lipinski definition) is 5. The van der Waals surface area contributed by atoms with E-state index in [1.807, 2.05) is 27.7 Å². The van der Waals surface area contributed by atoms with E-state index in [0.717, 1.165) is 13.1 Å². The lowest BCUT2D eigenvalue weighted by atomic mass is 9.88. The molecule has 2 aliphatic heterocycles. The number of aliphatic carboxylic acids is 1. The Morgan fingerprint density at radius 3 is 2.39 bits per heavy atom. The Morgan fingerprint density at radius 2 is 1.91 bits per heavy atom. The van der Waals surface area contributed by atoms with Gasteiger partial charge in [0.2, 0.25) is 0 Å². The second kappa shape index (κ2) is 6.65. The molecule has 132 valence electrons. The summed E-state index contributed by atoms with van der Waals surface area (Å²) in [6, 6.07) is 0. The van der Waals surface area contributed by atoms with Crippen LogP contribution in [-0.4, -0.2) is 77.0 Å². The van der Waals surface area contributed by atoms with Crippen LogP contribution in [0.15, 0.2) is 0 Å². The first-order valence-corrected chi connectivity index (χ1v) is 8.25. The molecule has 7 heteroatoms. The summed E-state index contributed by atoms with van der Waals surface area (Å²) < 4.78 is 11.3. The highest BCUT2D eigenvalue weighted by atomic mass is 16.6. The Balaban J connectivity index is 1.98. The summed E-state index contributed by atoms with van der Waals surface area (Å²) in [6.07, 6.45) is 0.154. The number of ether oxygens (including phenoxy) is 2. The normalized spacial score (nSPS) is 25.4. The van der Waals surface area contributed by atoms with Gasteiger partial charge in [-0.1, -0.05) is 6.92 Å². The summed E-state index contributed by atoms with van der Waals surface area (Å²) in [5, 5.41) is 9.30. The lowest BCUT2D eigenvalue weighted by molar-refractivity contribution is -0.194. The number of rotatable bonds is 2. The average Bonchev–Trinajstić information content (AvgIpc) is 2.45. The van der Waals surface area contributed by atoms with E-state index in [1.54, 1.807) is 4.90 Å². The van der Waals surface area contributed by atoms with E-state index in [-0.39, 0.29) is 6.09 Å². The van der Waals surface area contributed by atoms with Crippen molar-refractivity contribution in [3.8, 4) is 0 Å². The molecule has 0 saturated carbocycles. The van der Waals surface area contributed by atoms with E-state index >= 15 is 0 Å². The zero-order chi connectivity index (χ0) is 17.3. The molecule has 2 heterocycles. The van der Waals surface area contributed by atoms with Gasteiger partial charge in [0, 0.05) is 26.2 Å². The van der Waals surface area contributed by atoms with Crippen LogP contribution in [0.5, 0.6) is 0 Å². The molecule has 0 aliphatic carbocycles. The molecule has 0 aromatic heterocycles. The van der Waals surface area contributed by atoms with E-state index in [1.165, 1.54) is 0 Å². The summed E-state index contributed by atoms with van der Waals surface area (Å²) >= 11 is 0. The lowest BCUT2D eigenvalue weighted by Crippen LogP contribution is -2.61. The maximum absolute atomic E-state index is 12.1. The van der Waals surface area contributed by atoms with Gasteiger partial charge in [0.25, 0.3) is 0 Å². The van der Waals surface area contributed by atoms with Crippen LogP contribution >= 0.6 is 0 Å². The number of carboxylic acid groups (broad SMARTS) is 1. The second-order valence-corrected chi connectivity index (χ2v) is 7.42. The quantitative estimate of drug-likeness (QED) is 0.829. The van der Waals surface area contributed by atoms with Gasteiger partial charge in [-0.3, -0.25) is 4.90 Å². The van der Waals surface area contributed by atoms with Crippen molar-refractivity contribution < 1.29 is 24.2 Å². The lowest BCUT2D eigenvalue weighted by Gasteiger charge is -2.48. The largest absolute Gasteiger partial charge is 0.479 e. The summed E-state index contributed by atoms with van der Waals surface area (Å²) in [5.41, 5.74) is -0.989. The van der Waals surface area contributed by atoms with Gasteiger partial charge in [-0.15, -0.1) is 0 Å². The minimum Gasteiger partial charge on any atom is -0.479 e. The Bertz CT molecular complexity index is 452. The average molecular weight is 328 g/mol. The molecular formula is C16H28N2O5. The van der Waals surface area contributed by atoms with Gasteiger partial charge in [-0.2, -0.15) is 0 Å². The Labute approximate surface area is 137 Å². The topological polar surface area (TPSA) is 79.3 Å². The Morgan fingerprint density at radius 1 is 1.30 bits per heavy atom. The van der Waals surface area contributed by atoms with Crippen LogP contribution in [0.25, 0.3) is 0 Å². The number of nitrogens with zero attached hydrogens (tertiary/aromatic N) is 2. The third-order valence-corrected chi connectivity index (χ3v) is 4.38. The molecule has 1 atom stereocenters. The van der Waals surface area contributed by atoms with Gasteiger partial charge in [0.15, 0.2) is 6.10 Å². The van der Waals surface area contributed by atoms with E-state index in [0.29, 0.717) is 32.5 Å². The molecule has 0 radical (unpaired) electrons. The summed E-state index contributed by atoms with van der Waals surface area (Å²) in [4.78, 5) is 27.3. The Kier molecular flexibility index (Phi) is 5.20. The van der Waals surface area contributed by atoms with Crippen molar-refractivity contribution >= 4 is 12.1 Å². The number of piperidine rings is 1. The molecule has 0 aromatic carbocycles. The molecule has 1 spiro atoms. The highest BCUT2D eigenvalue weighted by Crippen LogP contribution is 2.33. The van der Waals surface area contributed by atoms with E-state index in [9.17, 15) is 14.7 Å². The van der Waals surface area contributed by atoms with Crippen molar-refractivity contribution in [1.82, 2.24) is 9.80 Å². The summed E-state index contributed by atoms with van der Waals surface area (Å²) in [7, 11) is 0. The molecule has 2 rings (SSSR count). The smallest absolute Gasteiger partial charge is 0.410 e. The number of carbonyl (C=O) groups is 2. The minimum atomic E-state index is -0.919. The van der Waals surface area contributed by atoms with Gasteiger partial charge in [0.1, 0.15) is 5.60 Å². The first-order valence-electron chi connectivity index (χ1n) is 8.25. The molecule has 1 amide bonds. The number of likely N-dealkylation sites (N-methyl/N-ethyl adjacent to an activating group) is 1. The van der Waals surface area contributed by atoms with Crippen LogP contribution in [-0.2, 0) is 14.3 Å². The highest BCUT2D eigenvalue weighted by Gasteiger charge is 2.45. The molecule has 1 unspecified atom stereocenters. The molecule has 7 nitrogen and oxygen atoms in total. The standard InChI is InChI=1S/C16H28N2O5/c1-5-17-10-12(13(19)20)22-16(11-17)6-8-18(9-7-16)14(21)23-15(2,3)4/h12H,5-11H2,1-4H3,(H,19,20). The van der Waals surface area contributed by atoms with Crippen molar-refractivity contribution in [1.29, 1.82) is 0 Å². The van der Waals surface area contributed by atoms with Crippen LogP contribution in [0, 0.1) is 0 Å². The van der Waals surface area contributed by atoms with Gasteiger partial charge in [-0.25, -0.2) is 9.59 Å². The molecular weight excluding hydrogens is 300 g/mol. The number of hydrogen-bond donors (Lipinski definition) is 1. The van der Waals surface area contributed by atoms with Crippen molar-refractivity contribution in [2.75, 3.05) is 32.7 Å². The van der Waals surface area contributed by atoms with E-state index < -0.39 is 23.3 Å². The van der Waals surface area contributed by atoms with Gasteiger partial charge >= 0.3 is 12.1 Å². The molecule has 0 aromatic rings. The fourth-order valence-corrected chi connectivity index (χ4v) is 3.15. The molecule has 2 saturated heterocycles. The monoisotopic (exact) mass is 328 g/mol. The number of carbonyl (C=O) groups excluding carboxylic acids is 1. The number of carboxylic acids is 1. The third-order valence-electron chi connectivity index (χ3n) is 4.38. The van der Waals surface area contributed by atoms with Crippen LogP contribution in [0.3, 0.4) is 0 Å². The minimum absolute atomic E-state index is 0.315. The summed E-state index contributed by atoms with van der Waals surface area (Å²) in [6.45, 7) is 10.5. The molecule has 2 aliphatic rings. The highest BCUT2D eigenvalue weighted by molar-refractivity contribution is 5.73. The first kappa shape index (κ1) is 18.0. The maximum Gasteiger partial charge on any atom is 0.410 e. The van der Waals surface area contributed by atoms with Crippen molar-refractivity contribution in [3.63, 3.8) is 0 Å². The number of likely N-dealkylation sites (tertiary alicyclic amines) is 1. The SMILES string of the molecule is CCN1CC(C(=O)O)OC2(CCN(C(=O)OC(C)(C)C)CC2)C1. The predicted molar refractivity (Wildman–Crippen MR) is 84.4 cm³/mol. The van der Waals surface area contributed by atoms with Crippen LogP contribution < -0.4 is 0 Å². The van der Waals surface area contributed by atoms with Crippen molar-refractivity contribution in [3.05, 3.63) is 0 Å².